The van der Waals surface area contributed by atoms with Gasteiger partial charge in [-0.25, -0.2) is 9.78 Å². The van der Waals surface area contributed by atoms with Crippen molar-refractivity contribution in [3.8, 4) is 0 Å². The summed E-state index contributed by atoms with van der Waals surface area (Å²) in [5.41, 5.74) is 1.54. The fourth-order valence-corrected chi connectivity index (χ4v) is 2.73. The van der Waals surface area contributed by atoms with Crippen molar-refractivity contribution in [2.45, 2.75) is 19.4 Å². The van der Waals surface area contributed by atoms with Gasteiger partial charge in [0.1, 0.15) is 11.5 Å². The minimum absolute atomic E-state index is 0.251. The molecular weight excluding hydrogens is 320 g/mol. The molecule has 3 heterocycles. The molecule has 0 atom stereocenters. The Labute approximate surface area is 146 Å². The van der Waals surface area contributed by atoms with Crippen LogP contribution in [0.3, 0.4) is 0 Å². The van der Waals surface area contributed by atoms with Crippen LogP contribution < -0.4 is 10.2 Å². The predicted octanol–water partition coefficient (Wildman–Crippen LogP) is 1.79. The monoisotopic (exact) mass is 340 g/mol. The minimum atomic E-state index is -0.481. The standard InChI is InChI=1S/C18H20N4O3/c1-25-18(24)14-4-5-15(20-12-14)17(23)21-11-13-6-7-19-16(10-13)22-8-2-3-9-22/h4-7,10,12H,2-3,8-9,11H2,1H3,(H,21,23). The molecular formula is C18H20N4O3. The maximum absolute atomic E-state index is 12.2. The van der Waals surface area contributed by atoms with E-state index in [2.05, 4.69) is 24.9 Å². The summed E-state index contributed by atoms with van der Waals surface area (Å²) in [6.45, 7) is 2.45. The first-order valence-electron chi connectivity index (χ1n) is 8.20. The van der Waals surface area contributed by atoms with Gasteiger partial charge >= 0.3 is 5.97 Å². The average molecular weight is 340 g/mol. The summed E-state index contributed by atoms with van der Waals surface area (Å²) in [6.07, 6.45) is 5.48. The number of nitrogens with one attached hydrogen (secondary N) is 1. The molecule has 1 amide bonds. The molecule has 1 saturated heterocycles. The Balaban J connectivity index is 1.60. The number of ether oxygens (including phenoxy) is 1. The average Bonchev–Trinajstić information content (AvgIpc) is 3.20. The Morgan fingerprint density at radius 2 is 2.00 bits per heavy atom. The lowest BCUT2D eigenvalue weighted by molar-refractivity contribution is 0.0599. The van der Waals surface area contributed by atoms with Gasteiger partial charge in [-0.05, 0) is 42.7 Å². The molecule has 0 spiro atoms. The second-order valence-electron chi connectivity index (χ2n) is 5.82. The number of hydrogen-bond donors (Lipinski definition) is 1. The number of anilines is 1. The van der Waals surface area contributed by atoms with Gasteiger partial charge in [0.15, 0.2) is 0 Å². The fraction of sp³-hybridized carbons (Fsp3) is 0.333. The summed E-state index contributed by atoms with van der Waals surface area (Å²) in [5.74, 6) is 0.173. The summed E-state index contributed by atoms with van der Waals surface area (Å²) >= 11 is 0. The number of esters is 1. The van der Waals surface area contributed by atoms with Gasteiger partial charge in [-0.1, -0.05) is 0 Å². The smallest absolute Gasteiger partial charge is 0.339 e. The van der Waals surface area contributed by atoms with Gasteiger partial charge in [0, 0.05) is 32.0 Å². The molecule has 1 aliphatic rings. The van der Waals surface area contributed by atoms with Crippen LogP contribution in [0.4, 0.5) is 5.82 Å². The van der Waals surface area contributed by atoms with E-state index in [-0.39, 0.29) is 11.6 Å². The highest BCUT2D eigenvalue weighted by atomic mass is 16.5. The normalized spacial score (nSPS) is 13.6. The first kappa shape index (κ1) is 16.9. The maximum atomic E-state index is 12.2. The van der Waals surface area contributed by atoms with Crippen molar-refractivity contribution in [3.63, 3.8) is 0 Å². The number of methoxy groups -OCH3 is 1. The molecule has 7 nitrogen and oxygen atoms in total. The van der Waals surface area contributed by atoms with Gasteiger partial charge in [0.2, 0.25) is 0 Å². The second kappa shape index (κ2) is 7.74. The molecule has 0 radical (unpaired) electrons. The van der Waals surface area contributed by atoms with Crippen LogP contribution in [-0.4, -0.2) is 42.0 Å². The number of hydrogen-bond acceptors (Lipinski definition) is 6. The molecule has 0 aromatic carbocycles. The van der Waals surface area contributed by atoms with Crippen molar-refractivity contribution >= 4 is 17.7 Å². The van der Waals surface area contributed by atoms with Crippen molar-refractivity contribution in [2.75, 3.05) is 25.1 Å². The fourth-order valence-electron chi connectivity index (χ4n) is 2.73. The maximum Gasteiger partial charge on any atom is 0.339 e. The minimum Gasteiger partial charge on any atom is -0.465 e. The lowest BCUT2D eigenvalue weighted by atomic mass is 10.2. The molecule has 0 aliphatic carbocycles. The second-order valence-corrected chi connectivity index (χ2v) is 5.82. The largest absolute Gasteiger partial charge is 0.465 e. The molecule has 0 bridgehead atoms. The number of pyridine rings is 2. The zero-order valence-corrected chi connectivity index (χ0v) is 14.1. The Morgan fingerprint density at radius 3 is 2.68 bits per heavy atom. The van der Waals surface area contributed by atoms with Crippen LogP contribution in [0.2, 0.25) is 0 Å². The van der Waals surface area contributed by atoms with Gasteiger partial charge in [0.25, 0.3) is 5.91 Å². The highest BCUT2D eigenvalue weighted by Crippen LogP contribution is 2.18. The van der Waals surface area contributed by atoms with Crippen molar-refractivity contribution in [1.29, 1.82) is 0 Å². The molecule has 130 valence electrons. The first-order chi connectivity index (χ1) is 12.2. The highest BCUT2D eigenvalue weighted by Gasteiger charge is 2.14. The first-order valence-corrected chi connectivity index (χ1v) is 8.20. The summed E-state index contributed by atoms with van der Waals surface area (Å²) in [6, 6.07) is 6.91. The van der Waals surface area contributed by atoms with Crippen LogP contribution in [0.5, 0.6) is 0 Å². The van der Waals surface area contributed by atoms with Gasteiger partial charge in [0.05, 0.1) is 12.7 Å². The molecule has 1 N–H and O–H groups in total. The van der Waals surface area contributed by atoms with E-state index < -0.39 is 5.97 Å². The number of rotatable bonds is 5. The quantitative estimate of drug-likeness (QED) is 0.836. The van der Waals surface area contributed by atoms with Gasteiger partial charge in [-0.15, -0.1) is 0 Å². The van der Waals surface area contributed by atoms with Crippen LogP contribution in [0.15, 0.2) is 36.7 Å². The topological polar surface area (TPSA) is 84.4 Å². The summed E-state index contributed by atoms with van der Waals surface area (Å²) < 4.78 is 4.61. The molecule has 2 aromatic heterocycles. The van der Waals surface area contributed by atoms with E-state index in [1.54, 1.807) is 6.20 Å². The summed E-state index contributed by atoms with van der Waals surface area (Å²) in [4.78, 5) is 34.2. The van der Waals surface area contributed by atoms with Crippen LogP contribution >= 0.6 is 0 Å². The Kier molecular flexibility index (Phi) is 5.23. The molecule has 7 heteroatoms. The van der Waals surface area contributed by atoms with E-state index in [1.807, 2.05) is 12.1 Å². The third-order valence-corrected chi connectivity index (χ3v) is 4.11. The summed E-state index contributed by atoms with van der Waals surface area (Å²) in [7, 11) is 1.30. The van der Waals surface area contributed by atoms with E-state index in [4.69, 9.17) is 0 Å². The molecule has 1 aliphatic heterocycles. The number of amides is 1. The number of nitrogens with zero attached hydrogens (tertiary/aromatic N) is 3. The number of carbonyl (C=O) groups excluding carboxylic acids is 2. The van der Waals surface area contributed by atoms with Gasteiger partial charge in [-0.3, -0.25) is 9.78 Å². The molecule has 0 saturated carbocycles. The van der Waals surface area contributed by atoms with Crippen molar-refractivity contribution in [1.82, 2.24) is 15.3 Å². The lowest BCUT2D eigenvalue weighted by Crippen LogP contribution is -2.24. The van der Waals surface area contributed by atoms with Crippen molar-refractivity contribution in [3.05, 3.63) is 53.5 Å². The van der Waals surface area contributed by atoms with E-state index in [0.29, 0.717) is 12.1 Å². The predicted molar refractivity (Wildman–Crippen MR) is 92.4 cm³/mol. The van der Waals surface area contributed by atoms with E-state index >= 15 is 0 Å². The molecule has 0 unspecified atom stereocenters. The van der Waals surface area contributed by atoms with Gasteiger partial charge < -0.3 is 15.0 Å². The van der Waals surface area contributed by atoms with E-state index in [9.17, 15) is 9.59 Å². The molecule has 25 heavy (non-hydrogen) atoms. The van der Waals surface area contributed by atoms with Crippen LogP contribution in [0, 0.1) is 0 Å². The molecule has 2 aromatic rings. The third kappa shape index (κ3) is 4.12. The van der Waals surface area contributed by atoms with E-state index in [0.717, 1.165) is 24.5 Å². The Bertz CT molecular complexity index is 755. The Morgan fingerprint density at radius 1 is 1.20 bits per heavy atom. The van der Waals surface area contributed by atoms with Crippen LogP contribution in [0.25, 0.3) is 0 Å². The van der Waals surface area contributed by atoms with E-state index in [1.165, 1.54) is 38.3 Å². The zero-order valence-electron chi connectivity index (χ0n) is 14.1. The molecule has 3 rings (SSSR count). The zero-order chi connectivity index (χ0) is 17.6. The van der Waals surface area contributed by atoms with Crippen molar-refractivity contribution < 1.29 is 14.3 Å². The SMILES string of the molecule is COC(=O)c1ccc(C(=O)NCc2ccnc(N3CCCC3)c2)nc1. The number of carbonyl (C=O) groups is 2. The van der Waals surface area contributed by atoms with Gasteiger partial charge in [-0.2, -0.15) is 0 Å². The third-order valence-electron chi connectivity index (χ3n) is 4.11. The molecule has 1 fully saturated rings. The van der Waals surface area contributed by atoms with Crippen LogP contribution in [-0.2, 0) is 11.3 Å². The highest BCUT2D eigenvalue weighted by molar-refractivity contribution is 5.94. The lowest BCUT2D eigenvalue weighted by Gasteiger charge is -2.17. The summed E-state index contributed by atoms with van der Waals surface area (Å²) in [5, 5.41) is 2.83. The number of aromatic nitrogens is 2. The van der Waals surface area contributed by atoms with Crippen molar-refractivity contribution in [2.24, 2.45) is 0 Å². The Hall–Kier alpha value is -2.96. The van der Waals surface area contributed by atoms with Crippen LogP contribution in [0.1, 0.15) is 39.3 Å².